The number of hydrogen-bond donors (Lipinski definition) is 1. The number of rotatable bonds is 4. The third kappa shape index (κ3) is 3.61. The van der Waals surface area contributed by atoms with Crippen molar-refractivity contribution in [2.45, 2.75) is 36.8 Å². The molecule has 0 radical (unpaired) electrons. The van der Waals surface area contributed by atoms with Crippen molar-refractivity contribution in [3.8, 4) is 5.75 Å². The fourth-order valence-electron chi connectivity index (χ4n) is 2.95. The molecule has 0 spiro atoms. The van der Waals surface area contributed by atoms with Gasteiger partial charge in [0.1, 0.15) is 5.75 Å². The summed E-state index contributed by atoms with van der Waals surface area (Å²) in [6.45, 7) is 1.78. The van der Waals surface area contributed by atoms with Crippen LogP contribution < -0.4 is 14.4 Å². The number of carbonyl (C=O) groups is 1. The van der Waals surface area contributed by atoms with Crippen LogP contribution in [0.15, 0.2) is 47.4 Å². The van der Waals surface area contributed by atoms with Crippen LogP contribution in [0.2, 0.25) is 5.02 Å². The van der Waals surface area contributed by atoms with Crippen molar-refractivity contribution in [2.75, 3.05) is 10.8 Å². The second kappa shape index (κ2) is 6.73. The van der Waals surface area contributed by atoms with Crippen molar-refractivity contribution < 1.29 is 17.9 Å². The predicted octanol–water partition coefficient (Wildman–Crippen LogP) is 2.88. The van der Waals surface area contributed by atoms with E-state index in [0.29, 0.717) is 16.5 Å². The van der Waals surface area contributed by atoms with Crippen molar-refractivity contribution in [3.05, 3.63) is 53.1 Å². The number of ether oxygens (including phenoxy) is 1. The Hall–Kier alpha value is -2.25. The monoisotopic (exact) mass is 406 g/mol. The molecule has 2 aromatic carbocycles. The minimum Gasteiger partial charge on any atom is -0.476 e. The van der Waals surface area contributed by atoms with E-state index in [4.69, 9.17) is 16.3 Å². The van der Waals surface area contributed by atoms with Crippen LogP contribution in [0.3, 0.4) is 0 Å². The third-order valence-electron chi connectivity index (χ3n) is 4.62. The number of nitrogens with zero attached hydrogens (tertiary/aromatic N) is 1. The molecule has 8 heteroatoms. The molecule has 1 aliphatic carbocycles. The Kier molecular flexibility index (Phi) is 4.52. The summed E-state index contributed by atoms with van der Waals surface area (Å²) in [6, 6.07) is 11.5. The molecule has 1 unspecified atom stereocenters. The van der Waals surface area contributed by atoms with Crippen LogP contribution in [-0.4, -0.2) is 33.0 Å². The second-order valence-electron chi connectivity index (χ2n) is 6.85. The van der Waals surface area contributed by atoms with E-state index in [0.717, 1.165) is 18.4 Å². The highest BCUT2D eigenvalue weighted by Gasteiger charge is 2.39. The molecule has 1 aliphatic heterocycles. The van der Waals surface area contributed by atoms with Crippen LogP contribution in [0.5, 0.6) is 5.75 Å². The summed E-state index contributed by atoms with van der Waals surface area (Å²) in [6.07, 6.45) is 0.964. The Morgan fingerprint density at radius 3 is 2.56 bits per heavy atom. The van der Waals surface area contributed by atoms with Crippen LogP contribution in [0.25, 0.3) is 0 Å². The number of benzene rings is 2. The summed E-state index contributed by atoms with van der Waals surface area (Å²) in [7, 11) is -3.87. The lowest BCUT2D eigenvalue weighted by molar-refractivity contribution is -0.127. The highest BCUT2D eigenvalue weighted by Crippen LogP contribution is 2.39. The van der Waals surface area contributed by atoms with Gasteiger partial charge in [-0.2, -0.15) is 0 Å². The Labute approximate surface area is 163 Å². The smallest absolute Gasteiger partial charge is 0.264 e. The van der Waals surface area contributed by atoms with Crippen molar-refractivity contribution >= 4 is 33.2 Å². The topological polar surface area (TPSA) is 75.7 Å². The maximum absolute atomic E-state index is 13.3. The molecular weight excluding hydrogens is 388 g/mol. The van der Waals surface area contributed by atoms with E-state index in [2.05, 4.69) is 5.32 Å². The molecule has 1 amide bonds. The van der Waals surface area contributed by atoms with Gasteiger partial charge in [0.15, 0.2) is 6.10 Å². The Balaban J connectivity index is 1.73. The summed E-state index contributed by atoms with van der Waals surface area (Å²) in [5.74, 6) is 0.0134. The van der Waals surface area contributed by atoms with Crippen molar-refractivity contribution in [3.63, 3.8) is 0 Å². The van der Waals surface area contributed by atoms with E-state index in [1.54, 1.807) is 36.4 Å². The molecule has 1 fully saturated rings. The van der Waals surface area contributed by atoms with Gasteiger partial charge in [-0.25, -0.2) is 8.42 Å². The maximum Gasteiger partial charge on any atom is 0.264 e. The zero-order chi connectivity index (χ0) is 19.2. The van der Waals surface area contributed by atoms with Crippen LogP contribution in [0.1, 0.15) is 18.4 Å². The SMILES string of the molecule is Cc1ccc(S(=O)(=O)N2CC(C(=O)NC3CC3)Oc3ccc(Cl)cc32)cc1. The average molecular weight is 407 g/mol. The molecule has 1 N–H and O–H groups in total. The van der Waals surface area contributed by atoms with E-state index in [9.17, 15) is 13.2 Å². The highest BCUT2D eigenvalue weighted by atomic mass is 35.5. The first-order chi connectivity index (χ1) is 12.8. The molecule has 0 bridgehead atoms. The van der Waals surface area contributed by atoms with Gasteiger partial charge in [-0.1, -0.05) is 29.3 Å². The minimum atomic E-state index is -3.87. The molecule has 4 rings (SSSR count). The number of halogens is 1. The first-order valence-corrected chi connectivity index (χ1v) is 10.5. The standard InChI is InChI=1S/C19H19ClN2O4S/c1-12-2-7-15(8-3-12)27(24,25)22-11-18(19(23)21-14-5-6-14)26-17-9-4-13(20)10-16(17)22/h2-4,7-10,14,18H,5-6,11H2,1H3,(H,21,23). The number of sulfonamides is 1. The molecule has 6 nitrogen and oxygen atoms in total. The Morgan fingerprint density at radius 2 is 1.89 bits per heavy atom. The van der Waals surface area contributed by atoms with Crippen molar-refractivity contribution in [2.24, 2.45) is 0 Å². The third-order valence-corrected chi connectivity index (χ3v) is 6.64. The van der Waals surface area contributed by atoms with E-state index >= 15 is 0 Å². The summed E-state index contributed by atoms with van der Waals surface area (Å²) >= 11 is 6.08. The molecule has 2 aliphatic rings. The quantitative estimate of drug-likeness (QED) is 0.847. The number of amides is 1. The molecule has 1 atom stereocenters. The second-order valence-corrected chi connectivity index (χ2v) is 9.15. The maximum atomic E-state index is 13.3. The summed E-state index contributed by atoms with van der Waals surface area (Å²) in [5, 5.41) is 3.26. The summed E-state index contributed by atoms with van der Waals surface area (Å²) in [5.41, 5.74) is 1.29. The van der Waals surface area contributed by atoms with Gasteiger partial charge in [-0.15, -0.1) is 0 Å². The van der Waals surface area contributed by atoms with Crippen LogP contribution >= 0.6 is 11.6 Å². The lowest BCUT2D eigenvalue weighted by Crippen LogP contribution is -2.51. The van der Waals surface area contributed by atoms with E-state index in [1.165, 1.54) is 10.4 Å². The van der Waals surface area contributed by atoms with Gasteiger partial charge in [0, 0.05) is 11.1 Å². The molecule has 142 valence electrons. The van der Waals surface area contributed by atoms with Gasteiger partial charge in [0.2, 0.25) is 0 Å². The number of aryl methyl sites for hydroxylation is 1. The van der Waals surface area contributed by atoms with Crippen molar-refractivity contribution in [1.29, 1.82) is 0 Å². The fourth-order valence-corrected chi connectivity index (χ4v) is 4.58. The zero-order valence-corrected chi connectivity index (χ0v) is 16.3. The van der Waals surface area contributed by atoms with E-state index in [-0.39, 0.29) is 23.4 Å². The number of carbonyl (C=O) groups excluding carboxylic acids is 1. The molecule has 1 saturated carbocycles. The van der Waals surface area contributed by atoms with Gasteiger partial charge < -0.3 is 10.1 Å². The summed E-state index contributed by atoms with van der Waals surface area (Å²) < 4.78 is 33.5. The lowest BCUT2D eigenvalue weighted by Gasteiger charge is -2.35. The Bertz CT molecular complexity index is 987. The minimum absolute atomic E-state index is 0.109. The molecule has 2 aromatic rings. The van der Waals surface area contributed by atoms with Crippen LogP contribution in [-0.2, 0) is 14.8 Å². The van der Waals surface area contributed by atoms with Crippen LogP contribution in [0, 0.1) is 6.92 Å². The van der Waals surface area contributed by atoms with Gasteiger partial charge in [0.05, 0.1) is 17.1 Å². The predicted molar refractivity (Wildman–Crippen MR) is 103 cm³/mol. The number of nitrogens with one attached hydrogen (secondary N) is 1. The van der Waals surface area contributed by atoms with Gasteiger partial charge in [-0.3, -0.25) is 9.10 Å². The molecule has 27 heavy (non-hydrogen) atoms. The first-order valence-electron chi connectivity index (χ1n) is 8.70. The van der Waals surface area contributed by atoms with E-state index < -0.39 is 16.1 Å². The fraction of sp³-hybridized carbons (Fsp3) is 0.316. The van der Waals surface area contributed by atoms with Gasteiger partial charge in [0.25, 0.3) is 15.9 Å². The highest BCUT2D eigenvalue weighted by molar-refractivity contribution is 7.92. The van der Waals surface area contributed by atoms with Gasteiger partial charge >= 0.3 is 0 Å². The normalized spacial score (nSPS) is 19.2. The largest absolute Gasteiger partial charge is 0.476 e. The molecule has 1 heterocycles. The number of anilines is 1. The molecule has 0 saturated heterocycles. The molecular formula is C19H19ClN2O4S. The first kappa shape index (κ1) is 18.1. The number of fused-ring (bicyclic) bond motifs is 1. The molecule has 0 aromatic heterocycles. The van der Waals surface area contributed by atoms with Crippen molar-refractivity contribution in [1.82, 2.24) is 5.32 Å². The van der Waals surface area contributed by atoms with Crippen LogP contribution in [0.4, 0.5) is 5.69 Å². The zero-order valence-electron chi connectivity index (χ0n) is 14.7. The summed E-state index contributed by atoms with van der Waals surface area (Å²) in [4.78, 5) is 12.7. The Morgan fingerprint density at radius 1 is 1.19 bits per heavy atom. The van der Waals surface area contributed by atoms with Gasteiger partial charge in [-0.05, 0) is 50.1 Å². The lowest BCUT2D eigenvalue weighted by atomic mass is 10.2. The number of hydrogen-bond acceptors (Lipinski definition) is 4. The van der Waals surface area contributed by atoms with E-state index in [1.807, 2.05) is 6.92 Å². The average Bonchev–Trinajstić information content (AvgIpc) is 3.45.